The van der Waals surface area contributed by atoms with E-state index in [1.165, 1.54) is 0 Å². The van der Waals surface area contributed by atoms with Crippen LogP contribution in [-0.2, 0) is 11.3 Å². The van der Waals surface area contributed by atoms with Crippen LogP contribution in [0.15, 0.2) is 60.7 Å². The molecule has 2 heterocycles. The molecule has 4 rings (SSSR count). The zero-order valence-electron chi connectivity index (χ0n) is 15.3. The third-order valence-corrected chi connectivity index (χ3v) is 4.75. The minimum Gasteiger partial charge on any atom is -0.481 e. The molecule has 0 fully saturated rings. The third kappa shape index (κ3) is 3.34. The maximum Gasteiger partial charge on any atom is 0.224 e. The number of hydrogen-bond acceptors (Lipinski definition) is 3. The van der Waals surface area contributed by atoms with Gasteiger partial charge in [0.25, 0.3) is 0 Å². The Morgan fingerprint density at radius 1 is 1.00 bits per heavy atom. The van der Waals surface area contributed by atoms with Gasteiger partial charge < -0.3 is 9.64 Å². The molecule has 1 aliphatic heterocycles. The van der Waals surface area contributed by atoms with Crippen molar-refractivity contribution < 1.29 is 9.53 Å². The maximum absolute atomic E-state index is 12.3. The van der Waals surface area contributed by atoms with Crippen LogP contribution < -0.4 is 9.64 Å². The summed E-state index contributed by atoms with van der Waals surface area (Å²) in [4.78, 5) is 18.6. The average Bonchev–Trinajstić information content (AvgIpc) is 2.69. The smallest absolute Gasteiger partial charge is 0.224 e. The maximum atomic E-state index is 12.3. The lowest BCUT2D eigenvalue weighted by Crippen LogP contribution is -2.29. The van der Waals surface area contributed by atoms with Crippen LogP contribution in [0.2, 0.25) is 0 Å². The summed E-state index contributed by atoms with van der Waals surface area (Å²) in [5.74, 6) is 0.619. The van der Waals surface area contributed by atoms with E-state index in [-0.39, 0.29) is 5.91 Å². The van der Waals surface area contributed by atoms with Crippen LogP contribution >= 0.6 is 0 Å². The van der Waals surface area contributed by atoms with Crippen molar-refractivity contribution in [3.8, 4) is 17.1 Å². The largest absolute Gasteiger partial charge is 0.481 e. The van der Waals surface area contributed by atoms with E-state index in [2.05, 4.69) is 29.3 Å². The van der Waals surface area contributed by atoms with Crippen LogP contribution in [0.5, 0.6) is 5.88 Å². The number of amides is 1. The zero-order chi connectivity index (χ0) is 18.8. The lowest BCUT2D eigenvalue weighted by atomic mass is 9.97. The number of aromatic nitrogens is 1. The molecule has 4 nitrogen and oxygen atoms in total. The minimum absolute atomic E-state index is 0.0299. The molecular weight excluding hydrogens is 336 g/mol. The molecule has 27 heavy (non-hydrogen) atoms. The van der Waals surface area contributed by atoms with Gasteiger partial charge in [0, 0.05) is 18.6 Å². The van der Waals surface area contributed by atoms with E-state index < -0.39 is 0 Å². The van der Waals surface area contributed by atoms with Crippen LogP contribution in [0.3, 0.4) is 0 Å². The zero-order valence-corrected chi connectivity index (χ0v) is 15.3. The number of carbonyl (C=O) groups is 1. The fourth-order valence-electron chi connectivity index (χ4n) is 3.33. The van der Waals surface area contributed by atoms with E-state index in [1.807, 2.05) is 53.4 Å². The van der Waals surface area contributed by atoms with E-state index in [9.17, 15) is 4.79 Å². The van der Waals surface area contributed by atoms with Crippen molar-refractivity contribution in [2.24, 2.45) is 0 Å². The van der Waals surface area contributed by atoms with E-state index in [0.29, 0.717) is 12.4 Å². The Hall–Kier alpha value is -3.40. The summed E-state index contributed by atoms with van der Waals surface area (Å²) < 4.78 is 5.24. The predicted octanol–water partition coefficient (Wildman–Crippen LogP) is 4.79. The van der Waals surface area contributed by atoms with Gasteiger partial charge in [-0.1, -0.05) is 48.6 Å². The number of methoxy groups -OCH3 is 1. The predicted molar refractivity (Wildman–Crippen MR) is 108 cm³/mol. The van der Waals surface area contributed by atoms with Gasteiger partial charge in [-0.2, -0.15) is 0 Å². The fourth-order valence-corrected chi connectivity index (χ4v) is 3.33. The first-order valence-corrected chi connectivity index (χ1v) is 8.85. The highest BCUT2D eigenvalue weighted by molar-refractivity contribution is 5.95. The van der Waals surface area contributed by atoms with E-state index in [0.717, 1.165) is 33.6 Å². The Morgan fingerprint density at radius 2 is 1.81 bits per heavy atom. The van der Waals surface area contributed by atoms with Crippen molar-refractivity contribution in [3.05, 3.63) is 77.4 Å². The normalized spacial score (nSPS) is 13.8. The second-order valence-electron chi connectivity index (χ2n) is 6.48. The molecule has 0 N–H and O–H groups in total. The summed E-state index contributed by atoms with van der Waals surface area (Å²) in [6.45, 7) is 2.15. The Bertz CT molecular complexity index is 1040. The van der Waals surface area contributed by atoms with Crippen LogP contribution in [0.25, 0.3) is 23.4 Å². The van der Waals surface area contributed by atoms with Crippen LogP contribution in [0, 0.1) is 0 Å². The number of para-hydroxylation sites is 1. The van der Waals surface area contributed by atoms with Crippen molar-refractivity contribution in [1.82, 2.24) is 4.98 Å². The van der Waals surface area contributed by atoms with E-state index in [4.69, 9.17) is 4.74 Å². The quantitative estimate of drug-likeness (QED) is 0.663. The van der Waals surface area contributed by atoms with Gasteiger partial charge in [-0.05, 0) is 34.9 Å². The second kappa shape index (κ2) is 7.08. The molecule has 4 heteroatoms. The molecule has 0 atom stereocenters. The van der Waals surface area contributed by atoms with E-state index in [1.54, 1.807) is 14.0 Å². The molecule has 134 valence electrons. The highest BCUT2D eigenvalue weighted by atomic mass is 16.5. The molecule has 0 saturated carbocycles. The van der Waals surface area contributed by atoms with Crippen LogP contribution in [0.1, 0.15) is 23.6 Å². The number of hydrogen-bond donors (Lipinski definition) is 0. The van der Waals surface area contributed by atoms with Crippen molar-refractivity contribution >= 4 is 23.7 Å². The summed E-state index contributed by atoms with van der Waals surface area (Å²) in [6, 6.07) is 19.9. The summed E-state index contributed by atoms with van der Waals surface area (Å²) in [7, 11) is 1.61. The van der Waals surface area contributed by atoms with Crippen LogP contribution in [0.4, 0.5) is 5.69 Å². The van der Waals surface area contributed by atoms with Gasteiger partial charge in [-0.25, -0.2) is 4.98 Å². The third-order valence-electron chi connectivity index (χ3n) is 4.75. The van der Waals surface area contributed by atoms with Crippen molar-refractivity contribution in [1.29, 1.82) is 0 Å². The topological polar surface area (TPSA) is 42.4 Å². The van der Waals surface area contributed by atoms with E-state index >= 15 is 0 Å². The molecule has 0 saturated heterocycles. The lowest BCUT2D eigenvalue weighted by Gasteiger charge is -2.26. The average molecular weight is 356 g/mol. The van der Waals surface area contributed by atoms with Gasteiger partial charge in [0.05, 0.1) is 25.0 Å². The molecule has 0 unspecified atom stereocenters. The molecule has 1 amide bonds. The van der Waals surface area contributed by atoms with Gasteiger partial charge in [-0.3, -0.25) is 4.79 Å². The number of nitrogens with zero attached hydrogens (tertiary/aromatic N) is 2. The second-order valence-corrected chi connectivity index (χ2v) is 6.48. The number of ether oxygens (including phenoxy) is 1. The summed E-state index contributed by atoms with van der Waals surface area (Å²) in [6.07, 6.45) is 4.17. The highest BCUT2D eigenvalue weighted by Crippen LogP contribution is 2.31. The SMILES string of the molecule is COc1cccc(-c2ccc3c(c2)/C=C\c2ccccc2N(C(C)=O)C3)n1. The Labute approximate surface area is 158 Å². The molecule has 0 bridgehead atoms. The molecule has 3 aromatic rings. The van der Waals surface area contributed by atoms with Gasteiger partial charge in [0.15, 0.2) is 0 Å². The minimum atomic E-state index is 0.0299. The van der Waals surface area contributed by atoms with Crippen molar-refractivity contribution in [3.63, 3.8) is 0 Å². The number of anilines is 1. The summed E-state index contributed by atoms with van der Waals surface area (Å²) in [5.41, 5.74) is 6.02. The number of fused-ring (bicyclic) bond motifs is 2. The fraction of sp³-hybridized carbons (Fsp3) is 0.130. The lowest BCUT2D eigenvalue weighted by molar-refractivity contribution is -0.116. The summed E-state index contributed by atoms with van der Waals surface area (Å²) >= 11 is 0. The standard InChI is InChI=1S/C23H20N2O2/c1-16(26)25-15-20-13-12-19(21-7-5-9-23(24-21)27-2)14-18(20)11-10-17-6-3-4-8-22(17)25/h3-14H,15H2,1-2H3/b11-10-. The van der Waals surface area contributed by atoms with Gasteiger partial charge >= 0.3 is 0 Å². The number of pyridine rings is 1. The summed E-state index contributed by atoms with van der Waals surface area (Å²) in [5, 5.41) is 0. The van der Waals surface area contributed by atoms with Crippen molar-refractivity contribution in [2.75, 3.05) is 12.0 Å². The Morgan fingerprint density at radius 3 is 2.63 bits per heavy atom. The molecule has 1 aliphatic rings. The van der Waals surface area contributed by atoms with Gasteiger partial charge in [-0.15, -0.1) is 0 Å². The first-order valence-electron chi connectivity index (χ1n) is 8.85. The number of benzene rings is 2. The first-order chi connectivity index (χ1) is 13.2. The highest BCUT2D eigenvalue weighted by Gasteiger charge is 2.18. The molecule has 2 aromatic carbocycles. The molecule has 0 spiro atoms. The number of carbonyl (C=O) groups excluding carboxylic acids is 1. The molecule has 1 aromatic heterocycles. The van der Waals surface area contributed by atoms with Gasteiger partial charge in [0.1, 0.15) is 0 Å². The first kappa shape index (κ1) is 17.0. The van der Waals surface area contributed by atoms with Crippen molar-refractivity contribution in [2.45, 2.75) is 13.5 Å². The monoisotopic (exact) mass is 356 g/mol. The Kier molecular flexibility index (Phi) is 4.47. The van der Waals surface area contributed by atoms with Gasteiger partial charge in [0.2, 0.25) is 11.8 Å². The molecule has 0 aliphatic carbocycles. The Balaban J connectivity index is 1.81. The number of rotatable bonds is 2. The van der Waals surface area contributed by atoms with Crippen LogP contribution in [-0.4, -0.2) is 18.0 Å². The molecule has 0 radical (unpaired) electrons. The molecular formula is C23H20N2O2.